The van der Waals surface area contributed by atoms with E-state index in [2.05, 4.69) is 39.9 Å². The topological polar surface area (TPSA) is 48.9 Å². The first-order chi connectivity index (χ1) is 10.0. The van der Waals surface area contributed by atoms with E-state index in [0.29, 0.717) is 0 Å². The van der Waals surface area contributed by atoms with Gasteiger partial charge in [-0.2, -0.15) is 5.10 Å². The van der Waals surface area contributed by atoms with E-state index in [-0.39, 0.29) is 0 Å². The minimum absolute atomic E-state index is 0.800. The van der Waals surface area contributed by atoms with E-state index in [9.17, 15) is 5.11 Å². The molecule has 1 aliphatic rings. The summed E-state index contributed by atoms with van der Waals surface area (Å²) >= 11 is 1.72. The third kappa shape index (κ3) is 2.03. The number of aromatic amines is 1. The summed E-state index contributed by atoms with van der Waals surface area (Å²) in [5.74, 6) is 0. The van der Waals surface area contributed by atoms with Crippen molar-refractivity contribution in [2.75, 3.05) is 0 Å². The minimum atomic E-state index is -0.800. The number of hydrogen-bond acceptors (Lipinski definition) is 3. The van der Waals surface area contributed by atoms with Crippen molar-refractivity contribution >= 4 is 33.2 Å². The van der Waals surface area contributed by atoms with E-state index in [1.807, 2.05) is 19.9 Å². The summed E-state index contributed by atoms with van der Waals surface area (Å²) in [7, 11) is 0. The number of aliphatic hydroxyl groups is 1. The molecule has 0 unspecified atom stereocenters. The van der Waals surface area contributed by atoms with Gasteiger partial charge >= 0.3 is 0 Å². The molecule has 1 aliphatic carbocycles. The van der Waals surface area contributed by atoms with Gasteiger partial charge in [0.1, 0.15) is 5.69 Å². The number of thiophene rings is 1. The van der Waals surface area contributed by atoms with Crippen molar-refractivity contribution in [1.82, 2.24) is 10.2 Å². The smallest absolute Gasteiger partial charge is 0.106 e. The summed E-state index contributed by atoms with van der Waals surface area (Å²) in [6.07, 6.45) is 3.08. The fourth-order valence-electron chi connectivity index (χ4n) is 2.84. The third-order valence-electron chi connectivity index (χ3n) is 4.03. The summed E-state index contributed by atoms with van der Waals surface area (Å²) in [5.41, 5.74) is 6.05. The summed E-state index contributed by atoms with van der Waals surface area (Å²) in [5, 5.41) is 19.8. The Kier molecular flexibility index (Phi) is 2.62. The van der Waals surface area contributed by atoms with E-state index in [4.69, 9.17) is 0 Å². The number of H-pyrrole nitrogens is 1. The first kappa shape index (κ1) is 12.8. The number of nitrogens with zero attached hydrogens (tertiary/aromatic N) is 1. The van der Waals surface area contributed by atoms with Crippen LogP contribution < -0.4 is 0 Å². The minimum Gasteiger partial charge on any atom is -0.386 e. The number of rotatable bonds is 2. The second-order valence-electron chi connectivity index (χ2n) is 6.05. The fraction of sp³-hybridized carbons (Fsp3) is 0.235. The van der Waals surface area contributed by atoms with E-state index in [1.165, 1.54) is 21.4 Å². The van der Waals surface area contributed by atoms with Crippen molar-refractivity contribution in [2.45, 2.75) is 25.9 Å². The Morgan fingerprint density at radius 2 is 2.14 bits per heavy atom. The van der Waals surface area contributed by atoms with Crippen molar-refractivity contribution in [3.8, 4) is 0 Å². The molecule has 21 heavy (non-hydrogen) atoms. The van der Waals surface area contributed by atoms with Crippen LogP contribution in [0.1, 0.15) is 36.2 Å². The average Bonchev–Trinajstić information content (AvgIpc) is 3.10. The molecule has 4 heteroatoms. The van der Waals surface area contributed by atoms with Gasteiger partial charge in [-0.25, -0.2) is 0 Å². The quantitative estimate of drug-likeness (QED) is 0.752. The van der Waals surface area contributed by atoms with Crippen LogP contribution in [0.4, 0.5) is 0 Å². The molecule has 2 N–H and O–H groups in total. The lowest BCUT2D eigenvalue weighted by molar-refractivity contribution is 0.0785. The van der Waals surface area contributed by atoms with Crippen LogP contribution in [0.5, 0.6) is 0 Å². The van der Waals surface area contributed by atoms with Crippen LogP contribution >= 0.6 is 11.3 Å². The zero-order valence-electron chi connectivity index (χ0n) is 12.0. The lowest BCUT2D eigenvalue weighted by atomic mass is 9.94. The predicted octanol–water partition coefficient (Wildman–Crippen LogP) is 3.95. The molecule has 1 aromatic carbocycles. The molecule has 0 saturated heterocycles. The molecule has 2 heterocycles. The molecule has 106 valence electrons. The Bertz CT molecular complexity index is 864. The number of fused-ring (bicyclic) bond motifs is 2. The maximum atomic E-state index is 10.2. The number of benzene rings is 1. The van der Waals surface area contributed by atoms with Crippen LogP contribution in [0, 0.1) is 0 Å². The molecule has 0 atom stereocenters. The van der Waals surface area contributed by atoms with Crippen molar-refractivity contribution < 1.29 is 5.11 Å². The summed E-state index contributed by atoms with van der Waals surface area (Å²) in [4.78, 5) is 0. The molecular formula is C17H16N2OS. The van der Waals surface area contributed by atoms with Gasteiger partial charge in [0.15, 0.2) is 0 Å². The normalized spacial score (nSPS) is 14.5. The lowest BCUT2D eigenvalue weighted by Crippen LogP contribution is -2.15. The van der Waals surface area contributed by atoms with Crippen LogP contribution in [0.2, 0.25) is 0 Å². The molecule has 0 spiro atoms. The van der Waals surface area contributed by atoms with Gasteiger partial charge < -0.3 is 5.11 Å². The molecule has 2 aromatic heterocycles. The lowest BCUT2D eigenvalue weighted by Gasteiger charge is -2.18. The SMILES string of the molecule is CC(C)(O)c1ccc2c(c1)CC(c1n[nH]c3ccsc13)=C2. The molecular weight excluding hydrogens is 280 g/mol. The van der Waals surface area contributed by atoms with Gasteiger partial charge in [-0.05, 0) is 53.6 Å². The van der Waals surface area contributed by atoms with Gasteiger partial charge in [-0.15, -0.1) is 11.3 Å². The Hall–Kier alpha value is -1.91. The number of allylic oxidation sites excluding steroid dienone is 1. The van der Waals surface area contributed by atoms with Crippen LogP contribution in [0.3, 0.4) is 0 Å². The van der Waals surface area contributed by atoms with Gasteiger partial charge in [0, 0.05) is 6.42 Å². The molecule has 0 fully saturated rings. The molecule has 0 aliphatic heterocycles. The maximum absolute atomic E-state index is 10.2. The number of aromatic nitrogens is 2. The molecule has 0 bridgehead atoms. The van der Waals surface area contributed by atoms with Crippen molar-refractivity contribution in [3.63, 3.8) is 0 Å². The van der Waals surface area contributed by atoms with Gasteiger partial charge in [0.25, 0.3) is 0 Å². The van der Waals surface area contributed by atoms with Crippen molar-refractivity contribution in [1.29, 1.82) is 0 Å². The van der Waals surface area contributed by atoms with Crippen LogP contribution in [-0.4, -0.2) is 15.3 Å². The molecule has 0 amide bonds. The molecule has 0 radical (unpaired) electrons. The highest BCUT2D eigenvalue weighted by Crippen LogP contribution is 2.36. The summed E-state index contributed by atoms with van der Waals surface area (Å²) in [6.45, 7) is 3.64. The van der Waals surface area contributed by atoms with E-state index < -0.39 is 5.60 Å². The van der Waals surface area contributed by atoms with E-state index in [0.717, 1.165) is 23.2 Å². The highest BCUT2D eigenvalue weighted by molar-refractivity contribution is 7.17. The molecule has 0 saturated carbocycles. The van der Waals surface area contributed by atoms with Gasteiger partial charge in [-0.1, -0.05) is 18.2 Å². The van der Waals surface area contributed by atoms with E-state index in [1.54, 1.807) is 11.3 Å². The Morgan fingerprint density at radius 1 is 1.29 bits per heavy atom. The van der Waals surface area contributed by atoms with Gasteiger partial charge in [-0.3, -0.25) is 5.10 Å². The van der Waals surface area contributed by atoms with Crippen molar-refractivity contribution in [2.24, 2.45) is 0 Å². The Balaban J connectivity index is 1.74. The monoisotopic (exact) mass is 296 g/mol. The van der Waals surface area contributed by atoms with Crippen LogP contribution in [-0.2, 0) is 12.0 Å². The zero-order chi connectivity index (χ0) is 14.6. The van der Waals surface area contributed by atoms with Crippen LogP contribution in [0.25, 0.3) is 21.9 Å². The largest absolute Gasteiger partial charge is 0.386 e. The number of nitrogens with one attached hydrogen (secondary N) is 1. The summed E-state index contributed by atoms with van der Waals surface area (Å²) < 4.78 is 1.22. The average molecular weight is 296 g/mol. The third-order valence-corrected chi connectivity index (χ3v) is 4.95. The zero-order valence-corrected chi connectivity index (χ0v) is 12.8. The Labute approximate surface area is 126 Å². The highest BCUT2D eigenvalue weighted by Gasteiger charge is 2.22. The maximum Gasteiger partial charge on any atom is 0.106 e. The fourth-order valence-corrected chi connectivity index (χ4v) is 3.71. The predicted molar refractivity (Wildman–Crippen MR) is 87.2 cm³/mol. The van der Waals surface area contributed by atoms with E-state index >= 15 is 0 Å². The van der Waals surface area contributed by atoms with Crippen molar-refractivity contribution in [3.05, 3.63) is 52.0 Å². The second-order valence-corrected chi connectivity index (χ2v) is 6.97. The first-order valence-corrected chi connectivity index (χ1v) is 7.88. The van der Waals surface area contributed by atoms with Gasteiger partial charge in [0.2, 0.25) is 0 Å². The van der Waals surface area contributed by atoms with Crippen LogP contribution in [0.15, 0.2) is 29.6 Å². The second kappa shape index (κ2) is 4.29. The Morgan fingerprint density at radius 3 is 2.95 bits per heavy atom. The summed E-state index contributed by atoms with van der Waals surface area (Å²) in [6, 6.07) is 8.26. The highest BCUT2D eigenvalue weighted by atomic mass is 32.1. The first-order valence-electron chi connectivity index (χ1n) is 7.01. The van der Waals surface area contributed by atoms with Gasteiger partial charge in [0.05, 0.1) is 15.8 Å². The molecule has 4 rings (SSSR count). The molecule has 3 aromatic rings. The number of hydrogen-bond donors (Lipinski definition) is 2. The molecule has 3 nitrogen and oxygen atoms in total. The standard InChI is InChI=1S/C17H16N2OS/c1-17(2,20)13-4-3-10-7-12(8-11(10)9-13)15-16-14(18-19-15)5-6-21-16/h3-7,9,20H,8H2,1-2H3,(H,18,19).